The quantitative estimate of drug-likeness (QED) is 0.0705. The summed E-state index contributed by atoms with van der Waals surface area (Å²) in [6.07, 6.45) is 2.49. The first-order valence-electron chi connectivity index (χ1n) is 17.4. The van der Waals surface area contributed by atoms with Crippen molar-refractivity contribution in [3.63, 3.8) is 0 Å². The first-order chi connectivity index (χ1) is 25.2. The molecular weight excluding hydrogens is 670 g/mol. The summed E-state index contributed by atoms with van der Waals surface area (Å²) in [5.41, 5.74) is 1.29. The maximum absolute atomic E-state index is 11.6. The summed E-state index contributed by atoms with van der Waals surface area (Å²) in [7, 11) is 0. The van der Waals surface area contributed by atoms with E-state index in [1.807, 2.05) is 30.3 Å². The number of rotatable bonds is 21. The third-order valence-corrected chi connectivity index (χ3v) is 7.52. The van der Waals surface area contributed by atoms with E-state index in [1.165, 1.54) is 26.0 Å². The van der Waals surface area contributed by atoms with E-state index in [1.54, 1.807) is 24.3 Å². The van der Waals surface area contributed by atoms with Crippen LogP contribution in [0.15, 0.2) is 66.7 Å². The number of carbonyl (C=O) groups excluding carboxylic acids is 2. The van der Waals surface area contributed by atoms with Gasteiger partial charge in [-0.05, 0) is 37.1 Å². The SMILES string of the molecule is CCCCOCC(COc1ccc(-c2nc(-c3ccccc3)nc(-c3ccc(OCC(COCCCC)OC(C)=O)cc3O)n2)c(O)c1)OC(C)=O. The summed E-state index contributed by atoms with van der Waals surface area (Å²) in [4.78, 5) is 37.1. The fourth-order valence-corrected chi connectivity index (χ4v) is 4.92. The lowest BCUT2D eigenvalue weighted by Gasteiger charge is -2.18. The number of aromatic nitrogens is 3. The van der Waals surface area contributed by atoms with Gasteiger partial charge in [0.2, 0.25) is 0 Å². The Hall–Kier alpha value is -5.27. The predicted molar refractivity (Wildman–Crippen MR) is 193 cm³/mol. The van der Waals surface area contributed by atoms with Crippen LogP contribution in [0.5, 0.6) is 23.0 Å². The molecule has 4 rings (SSSR count). The molecule has 1 heterocycles. The maximum atomic E-state index is 11.6. The normalized spacial score (nSPS) is 12.2. The molecule has 0 aliphatic carbocycles. The number of unbranched alkanes of at least 4 members (excludes halogenated alkanes) is 2. The first kappa shape index (κ1) is 39.5. The maximum Gasteiger partial charge on any atom is 0.303 e. The molecule has 1 aromatic heterocycles. The van der Waals surface area contributed by atoms with Crippen LogP contribution in [-0.4, -0.2) is 89.0 Å². The highest BCUT2D eigenvalue weighted by molar-refractivity contribution is 5.73. The number of hydrogen-bond donors (Lipinski definition) is 2. The van der Waals surface area contributed by atoms with Crippen LogP contribution in [0.25, 0.3) is 34.2 Å². The van der Waals surface area contributed by atoms with Crippen molar-refractivity contribution in [2.75, 3.05) is 39.6 Å². The van der Waals surface area contributed by atoms with Gasteiger partial charge < -0.3 is 38.6 Å². The van der Waals surface area contributed by atoms with E-state index in [0.717, 1.165) is 25.7 Å². The molecular formula is C39H47N3O10. The molecule has 13 nitrogen and oxygen atoms in total. The zero-order valence-electron chi connectivity index (χ0n) is 30.1. The van der Waals surface area contributed by atoms with Crippen LogP contribution in [-0.2, 0) is 28.5 Å². The molecule has 2 atom stereocenters. The number of benzene rings is 3. The second-order valence-electron chi connectivity index (χ2n) is 12.0. The molecule has 52 heavy (non-hydrogen) atoms. The molecule has 0 bridgehead atoms. The summed E-state index contributed by atoms with van der Waals surface area (Å²) in [6, 6.07) is 18.6. The molecule has 0 spiro atoms. The summed E-state index contributed by atoms with van der Waals surface area (Å²) < 4.78 is 33.6. The Bertz CT molecular complexity index is 1630. The van der Waals surface area contributed by atoms with Gasteiger partial charge in [0.15, 0.2) is 29.7 Å². The summed E-state index contributed by atoms with van der Waals surface area (Å²) >= 11 is 0. The highest BCUT2D eigenvalue weighted by Crippen LogP contribution is 2.35. The zero-order valence-corrected chi connectivity index (χ0v) is 30.1. The van der Waals surface area contributed by atoms with Gasteiger partial charge in [0.1, 0.15) is 36.2 Å². The van der Waals surface area contributed by atoms with Gasteiger partial charge in [-0.15, -0.1) is 0 Å². The molecule has 2 unspecified atom stereocenters. The van der Waals surface area contributed by atoms with Gasteiger partial charge in [0.25, 0.3) is 0 Å². The van der Waals surface area contributed by atoms with Crippen molar-refractivity contribution < 1.29 is 48.2 Å². The van der Waals surface area contributed by atoms with Crippen LogP contribution in [0.3, 0.4) is 0 Å². The average molecular weight is 718 g/mol. The minimum absolute atomic E-state index is 0.0225. The Morgan fingerprint density at radius 3 is 1.46 bits per heavy atom. The minimum Gasteiger partial charge on any atom is -0.507 e. The molecule has 278 valence electrons. The van der Waals surface area contributed by atoms with Crippen LogP contribution in [0.2, 0.25) is 0 Å². The van der Waals surface area contributed by atoms with Gasteiger partial charge in [-0.25, -0.2) is 15.0 Å². The third-order valence-electron chi connectivity index (χ3n) is 7.52. The van der Waals surface area contributed by atoms with Crippen molar-refractivity contribution in [1.82, 2.24) is 15.0 Å². The minimum atomic E-state index is -0.625. The van der Waals surface area contributed by atoms with Crippen LogP contribution in [0, 0.1) is 0 Å². The largest absolute Gasteiger partial charge is 0.507 e. The lowest BCUT2D eigenvalue weighted by atomic mass is 10.1. The molecule has 0 fully saturated rings. The van der Waals surface area contributed by atoms with E-state index < -0.39 is 24.1 Å². The number of phenolic OH excluding ortho intramolecular Hbond substituents is 2. The molecule has 0 aliphatic heterocycles. The Labute approximate surface area is 303 Å². The smallest absolute Gasteiger partial charge is 0.303 e. The number of phenols is 2. The first-order valence-corrected chi connectivity index (χ1v) is 17.4. The Balaban J connectivity index is 1.56. The molecule has 13 heteroatoms. The topological polar surface area (TPSA) is 169 Å². The average Bonchev–Trinajstić information content (AvgIpc) is 3.12. The highest BCUT2D eigenvalue weighted by Gasteiger charge is 2.20. The van der Waals surface area contributed by atoms with E-state index >= 15 is 0 Å². The second kappa shape index (κ2) is 20.5. The van der Waals surface area contributed by atoms with Crippen molar-refractivity contribution >= 4 is 11.9 Å². The molecule has 0 amide bonds. The number of ether oxygens (including phenoxy) is 6. The van der Waals surface area contributed by atoms with Crippen LogP contribution < -0.4 is 9.47 Å². The summed E-state index contributed by atoms with van der Waals surface area (Å²) in [6.45, 7) is 8.27. The lowest BCUT2D eigenvalue weighted by molar-refractivity contribution is -0.152. The Morgan fingerprint density at radius 2 is 1.06 bits per heavy atom. The molecule has 4 aromatic rings. The van der Waals surface area contributed by atoms with Crippen LogP contribution >= 0.6 is 0 Å². The highest BCUT2D eigenvalue weighted by atomic mass is 16.6. The van der Waals surface area contributed by atoms with Crippen molar-refractivity contribution in [2.24, 2.45) is 0 Å². The van der Waals surface area contributed by atoms with Crippen LogP contribution in [0.1, 0.15) is 53.4 Å². The van der Waals surface area contributed by atoms with Crippen molar-refractivity contribution in [3.8, 4) is 57.2 Å². The summed E-state index contributed by atoms with van der Waals surface area (Å²) in [5.74, 6) is 0.0770. The Kier molecular flexibility index (Phi) is 15.6. The number of aromatic hydroxyl groups is 2. The molecule has 2 N–H and O–H groups in total. The van der Waals surface area contributed by atoms with Gasteiger partial charge in [0, 0.05) is 44.8 Å². The van der Waals surface area contributed by atoms with Gasteiger partial charge in [-0.3, -0.25) is 9.59 Å². The molecule has 0 radical (unpaired) electrons. The van der Waals surface area contributed by atoms with E-state index in [4.69, 9.17) is 28.4 Å². The van der Waals surface area contributed by atoms with Gasteiger partial charge in [0.05, 0.1) is 24.3 Å². The fourth-order valence-electron chi connectivity index (χ4n) is 4.92. The van der Waals surface area contributed by atoms with Crippen molar-refractivity contribution in [2.45, 2.75) is 65.6 Å². The molecule has 0 saturated heterocycles. The Morgan fingerprint density at radius 1 is 0.615 bits per heavy atom. The predicted octanol–water partition coefficient (Wildman–Crippen LogP) is 6.54. The second-order valence-corrected chi connectivity index (χ2v) is 12.0. The molecule has 0 aliphatic rings. The fraction of sp³-hybridized carbons (Fsp3) is 0.410. The van der Waals surface area contributed by atoms with E-state index in [2.05, 4.69) is 28.8 Å². The van der Waals surface area contributed by atoms with E-state index in [-0.39, 0.29) is 49.6 Å². The monoisotopic (exact) mass is 717 g/mol. The lowest BCUT2D eigenvalue weighted by Crippen LogP contribution is -2.29. The molecule has 0 saturated carbocycles. The number of esters is 2. The number of hydrogen-bond acceptors (Lipinski definition) is 13. The molecule has 3 aromatic carbocycles. The number of carbonyl (C=O) groups is 2. The van der Waals surface area contributed by atoms with Gasteiger partial charge in [-0.2, -0.15) is 0 Å². The standard InChI is InChI=1S/C39H47N3O10/c1-5-7-18-47-22-31(51-26(3)43)24-49-29-14-16-33(35(45)20-29)38-40-37(28-12-10-9-11-13-28)41-39(42-38)34-17-15-30(21-36(34)46)50-25-32(52-27(4)44)23-48-19-8-6-2/h9-17,20-21,31-32,45-46H,5-8,18-19,22-25H2,1-4H3. The van der Waals surface area contributed by atoms with Crippen LogP contribution in [0.4, 0.5) is 0 Å². The van der Waals surface area contributed by atoms with Gasteiger partial charge in [-0.1, -0.05) is 57.0 Å². The van der Waals surface area contributed by atoms with Gasteiger partial charge >= 0.3 is 11.9 Å². The summed E-state index contributed by atoms with van der Waals surface area (Å²) in [5, 5.41) is 22.2. The third kappa shape index (κ3) is 12.5. The number of nitrogens with zero attached hydrogens (tertiary/aromatic N) is 3. The van der Waals surface area contributed by atoms with Crippen molar-refractivity contribution in [1.29, 1.82) is 0 Å². The van der Waals surface area contributed by atoms with Crippen molar-refractivity contribution in [3.05, 3.63) is 66.7 Å². The van der Waals surface area contributed by atoms with E-state index in [0.29, 0.717) is 47.2 Å². The zero-order chi connectivity index (χ0) is 37.3. The van der Waals surface area contributed by atoms with E-state index in [9.17, 15) is 19.8 Å².